The predicted molar refractivity (Wildman–Crippen MR) is 121 cm³/mol. The van der Waals surface area contributed by atoms with Crippen molar-refractivity contribution >= 4 is 22.6 Å². The van der Waals surface area contributed by atoms with Gasteiger partial charge in [0, 0.05) is 18.7 Å². The van der Waals surface area contributed by atoms with Gasteiger partial charge in [-0.15, -0.1) is 10.2 Å². The van der Waals surface area contributed by atoms with E-state index in [0.717, 1.165) is 47.9 Å². The second kappa shape index (κ2) is 10.6. The van der Waals surface area contributed by atoms with Gasteiger partial charge in [-0.25, -0.2) is 4.79 Å². The number of nitrogens with zero attached hydrogens (tertiary/aromatic N) is 2. The Balaban J connectivity index is 1.93. The zero-order valence-corrected chi connectivity index (χ0v) is 19.3. The molecule has 7 heteroatoms. The Kier molecular flexibility index (Phi) is 8.44. The average Bonchev–Trinajstić information content (AvgIpc) is 3.08. The Morgan fingerprint density at radius 3 is 2.41 bits per heavy atom. The van der Waals surface area contributed by atoms with Crippen molar-refractivity contribution in [1.82, 2.24) is 15.5 Å². The van der Waals surface area contributed by atoms with Gasteiger partial charge in [0.15, 0.2) is 0 Å². The summed E-state index contributed by atoms with van der Waals surface area (Å²) in [5.41, 5.74) is 4.45. The van der Waals surface area contributed by atoms with E-state index >= 15 is 0 Å². The number of rotatable bonds is 9. The van der Waals surface area contributed by atoms with Gasteiger partial charge in [0.2, 0.25) is 5.13 Å². The van der Waals surface area contributed by atoms with Crippen molar-refractivity contribution in [2.24, 2.45) is 0 Å². The number of hydrogen-bond donors (Lipinski definition) is 2. The van der Waals surface area contributed by atoms with Crippen molar-refractivity contribution in [3.8, 4) is 10.6 Å². The molecule has 0 fully saturated rings. The number of unbranched alkanes of at least 4 members (excludes halogenated alkanes) is 1. The monoisotopic (exact) mass is 418 g/mol. The van der Waals surface area contributed by atoms with Crippen LogP contribution in [0.4, 0.5) is 9.93 Å². The minimum Gasteiger partial charge on any atom is -0.444 e. The maximum Gasteiger partial charge on any atom is 0.407 e. The van der Waals surface area contributed by atoms with Crippen molar-refractivity contribution in [2.45, 2.75) is 72.8 Å². The number of ether oxygens (including phenoxy) is 1. The van der Waals surface area contributed by atoms with Crippen LogP contribution in [0.2, 0.25) is 0 Å². The van der Waals surface area contributed by atoms with Crippen LogP contribution in [0.25, 0.3) is 10.6 Å². The molecule has 0 atom stereocenters. The molecule has 160 valence electrons. The highest BCUT2D eigenvalue weighted by molar-refractivity contribution is 7.18. The van der Waals surface area contributed by atoms with E-state index in [9.17, 15) is 4.79 Å². The lowest BCUT2D eigenvalue weighted by molar-refractivity contribution is 0.0527. The van der Waals surface area contributed by atoms with Gasteiger partial charge < -0.3 is 15.4 Å². The molecule has 2 rings (SSSR count). The molecule has 1 heterocycles. The number of aromatic nitrogens is 2. The van der Waals surface area contributed by atoms with Crippen molar-refractivity contribution in [1.29, 1.82) is 0 Å². The molecule has 0 aliphatic carbocycles. The van der Waals surface area contributed by atoms with E-state index in [4.69, 9.17) is 4.74 Å². The van der Waals surface area contributed by atoms with E-state index in [-0.39, 0.29) is 6.09 Å². The fourth-order valence-corrected chi connectivity index (χ4v) is 3.82. The molecule has 2 aromatic rings. The minimum atomic E-state index is -0.469. The van der Waals surface area contributed by atoms with Gasteiger partial charge in [-0.3, -0.25) is 0 Å². The molecule has 0 spiro atoms. The Morgan fingerprint density at radius 2 is 1.79 bits per heavy atom. The molecule has 0 saturated carbocycles. The Labute approximate surface area is 178 Å². The first kappa shape index (κ1) is 23.1. The number of nitrogens with one attached hydrogen (secondary N) is 2. The number of benzene rings is 1. The highest BCUT2D eigenvalue weighted by Gasteiger charge is 2.16. The summed E-state index contributed by atoms with van der Waals surface area (Å²) in [6.45, 7) is 13.6. The molecule has 1 aromatic carbocycles. The molecule has 29 heavy (non-hydrogen) atoms. The average molecular weight is 419 g/mol. The molecule has 0 unspecified atom stereocenters. The minimum absolute atomic E-state index is 0.360. The molecule has 6 nitrogen and oxygen atoms in total. The number of amides is 1. The topological polar surface area (TPSA) is 76.1 Å². The van der Waals surface area contributed by atoms with Crippen molar-refractivity contribution in [3.63, 3.8) is 0 Å². The van der Waals surface area contributed by atoms with Crippen molar-refractivity contribution in [2.75, 3.05) is 18.4 Å². The van der Waals surface area contributed by atoms with Crippen LogP contribution in [0.1, 0.15) is 63.6 Å². The normalized spacial score (nSPS) is 11.4. The second-order valence-corrected chi connectivity index (χ2v) is 9.29. The van der Waals surface area contributed by atoms with Crippen LogP contribution >= 0.6 is 11.3 Å². The largest absolute Gasteiger partial charge is 0.444 e. The summed E-state index contributed by atoms with van der Waals surface area (Å²) in [5, 5.41) is 16.6. The first-order valence-corrected chi connectivity index (χ1v) is 11.2. The lowest BCUT2D eigenvalue weighted by Crippen LogP contribution is -2.33. The van der Waals surface area contributed by atoms with Crippen LogP contribution in [0.3, 0.4) is 0 Å². The molecule has 0 saturated heterocycles. The smallest absolute Gasteiger partial charge is 0.407 e. The molecule has 0 radical (unpaired) electrons. The van der Waals surface area contributed by atoms with E-state index < -0.39 is 5.60 Å². The number of carbonyl (C=O) groups is 1. The molecule has 0 bridgehead atoms. The Morgan fingerprint density at radius 1 is 1.10 bits per heavy atom. The fourth-order valence-electron chi connectivity index (χ4n) is 3.06. The third kappa shape index (κ3) is 7.65. The maximum absolute atomic E-state index is 11.7. The van der Waals surface area contributed by atoms with Gasteiger partial charge in [0.1, 0.15) is 10.6 Å². The highest BCUT2D eigenvalue weighted by Crippen LogP contribution is 2.30. The quantitative estimate of drug-likeness (QED) is 0.527. The van der Waals surface area contributed by atoms with Crippen LogP contribution in [0.15, 0.2) is 12.1 Å². The van der Waals surface area contributed by atoms with E-state index in [1.165, 1.54) is 16.7 Å². The summed E-state index contributed by atoms with van der Waals surface area (Å²) in [5.74, 6) is 0. The van der Waals surface area contributed by atoms with E-state index in [1.54, 1.807) is 11.3 Å². The van der Waals surface area contributed by atoms with Crippen LogP contribution in [-0.2, 0) is 11.2 Å². The summed E-state index contributed by atoms with van der Waals surface area (Å²) < 4.78 is 5.27. The number of carbonyl (C=O) groups excluding carboxylic acids is 1. The Hall–Kier alpha value is -2.15. The second-order valence-electron chi connectivity index (χ2n) is 8.31. The van der Waals surface area contributed by atoms with Crippen LogP contribution in [0, 0.1) is 13.8 Å². The summed E-state index contributed by atoms with van der Waals surface area (Å²) in [7, 11) is 0. The van der Waals surface area contributed by atoms with Crippen LogP contribution in [0.5, 0.6) is 0 Å². The third-order valence-electron chi connectivity index (χ3n) is 4.45. The molecular formula is C22H34N4O2S. The zero-order valence-electron chi connectivity index (χ0n) is 18.5. The standard InChI is InChI=1S/C22H34N4O2S/c1-7-8-11-23-20-26-25-19(29-20)17-13-15(2)18(16(3)14-17)10-9-12-24-21(27)28-22(4,5)6/h13-14H,7-12H2,1-6H3,(H,23,26)(H,24,27). The Bertz CT molecular complexity index is 788. The summed E-state index contributed by atoms with van der Waals surface area (Å²) in [6, 6.07) is 4.36. The van der Waals surface area contributed by atoms with Gasteiger partial charge in [0.05, 0.1) is 0 Å². The fraction of sp³-hybridized carbons (Fsp3) is 0.591. The molecule has 0 aliphatic heterocycles. The van der Waals surface area contributed by atoms with Crippen molar-refractivity contribution in [3.05, 3.63) is 28.8 Å². The van der Waals surface area contributed by atoms with Gasteiger partial charge in [0.25, 0.3) is 0 Å². The predicted octanol–water partition coefficient (Wildman–Crippen LogP) is 5.49. The van der Waals surface area contributed by atoms with Crippen LogP contribution in [-0.4, -0.2) is 35.0 Å². The van der Waals surface area contributed by atoms with Gasteiger partial charge in [-0.1, -0.05) is 24.7 Å². The van der Waals surface area contributed by atoms with Gasteiger partial charge in [-0.05, 0) is 82.7 Å². The number of hydrogen-bond acceptors (Lipinski definition) is 6. The zero-order chi connectivity index (χ0) is 21.4. The summed E-state index contributed by atoms with van der Waals surface area (Å²) in [6.07, 6.45) is 3.70. The molecule has 2 N–H and O–H groups in total. The number of aryl methyl sites for hydroxylation is 2. The van der Waals surface area contributed by atoms with E-state index in [2.05, 4.69) is 53.7 Å². The molecule has 1 aromatic heterocycles. The molecule has 0 aliphatic rings. The molecular weight excluding hydrogens is 384 g/mol. The lowest BCUT2D eigenvalue weighted by atomic mass is 9.96. The maximum atomic E-state index is 11.7. The van der Waals surface area contributed by atoms with Gasteiger partial charge >= 0.3 is 6.09 Å². The number of anilines is 1. The summed E-state index contributed by atoms with van der Waals surface area (Å²) in [4.78, 5) is 11.7. The third-order valence-corrected chi connectivity index (χ3v) is 5.38. The molecule has 1 amide bonds. The van der Waals surface area contributed by atoms with Gasteiger partial charge in [-0.2, -0.15) is 0 Å². The SMILES string of the molecule is CCCCNc1nnc(-c2cc(C)c(CCCNC(=O)OC(C)(C)C)c(C)c2)s1. The lowest BCUT2D eigenvalue weighted by Gasteiger charge is -2.19. The number of alkyl carbamates (subject to hydrolysis) is 1. The van der Waals surface area contributed by atoms with E-state index in [0.29, 0.717) is 6.54 Å². The van der Waals surface area contributed by atoms with E-state index in [1.807, 2.05) is 20.8 Å². The van der Waals surface area contributed by atoms with Crippen molar-refractivity contribution < 1.29 is 9.53 Å². The first-order valence-electron chi connectivity index (χ1n) is 10.3. The van der Waals surface area contributed by atoms with Crippen LogP contribution < -0.4 is 10.6 Å². The summed E-state index contributed by atoms with van der Waals surface area (Å²) >= 11 is 1.59. The highest BCUT2D eigenvalue weighted by atomic mass is 32.1. The first-order chi connectivity index (χ1) is 13.7.